The molecular weight excluding hydrogens is 462 g/mol. The van der Waals surface area contributed by atoms with Crippen LogP contribution in [0.2, 0.25) is 0 Å². The third-order valence-corrected chi connectivity index (χ3v) is 7.24. The average molecular weight is 488 g/mol. The van der Waals surface area contributed by atoms with Gasteiger partial charge in [0.2, 0.25) is 21.8 Å². The number of hydrogen-bond donors (Lipinski definition) is 3. The van der Waals surface area contributed by atoms with Crippen LogP contribution in [0.5, 0.6) is 0 Å². The van der Waals surface area contributed by atoms with Gasteiger partial charge in [-0.1, -0.05) is 12.1 Å². The number of carbonyl (C=O) groups is 4. The minimum Gasteiger partial charge on any atom is -0.366 e. The topological polar surface area (TPSA) is 173 Å². The molecule has 0 bridgehead atoms. The molecule has 3 rings (SSSR count). The normalized spacial score (nSPS) is 14.4. The Kier molecular flexibility index (Phi) is 7.64. The van der Waals surface area contributed by atoms with Crippen molar-refractivity contribution in [3.8, 4) is 0 Å². The van der Waals surface area contributed by atoms with E-state index in [1.807, 2.05) is 0 Å². The molecule has 5 N–H and O–H groups in total. The molecule has 0 aromatic heterocycles. The van der Waals surface area contributed by atoms with Crippen LogP contribution in [0.1, 0.15) is 41.4 Å². The predicted molar refractivity (Wildman–Crippen MR) is 124 cm³/mol. The lowest BCUT2D eigenvalue weighted by Crippen LogP contribution is -2.51. The van der Waals surface area contributed by atoms with Gasteiger partial charge in [-0.3, -0.25) is 19.2 Å². The summed E-state index contributed by atoms with van der Waals surface area (Å²) in [7, 11) is -3.67. The highest BCUT2D eigenvalue weighted by molar-refractivity contribution is 7.89. The number of piperazine rings is 1. The van der Waals surface area contributed by atoms with E-state index in [2.05, 4.69) is 5.32 Å². The first kappa shape index (κ1) is 24.9. The Morgan fingerprint density at radius 3 is 1.85 bits per heavy atom. The van der Waals surface area contributed by atoms with Crippen molar-refractivity contribution in [2.75, 3.05) is 38.5 Å². The second-order valence-corrected chi connectivity index (χ2v) is 9.74. The molecular formula is C22H25N5O6S. The minimum absolute atomic E-state index is 0.109. The number of primary amides is 2. The number of carbonyl (C=O) groups excluding carboxylic acids is 4. The van der Waals surface area contributed by atoms with Crippen LogP contribution in [0, 0.1) is 0 Å². The van der Waals surface area contributed by atoms with E-state index in [4.69, 9.17) is 11.5 Å². The molecule has 0 atom stereocenters. The zero-order valence-corrected chi connectivity index (χ0v) is 19.1. The van der Waals surface area contributed by atoms with Crippen molar-refractivity contribution >= 4 is 33.7 Å². The van der Waals surface area contributed by atoms with Crippen LogP contribution in [0.4, 0.5) is 0 Å². The Labute approximate surface area is 196 Å². The summed E-state index contributed by atoms with van der Waals surface area (Å²) in [5, 5.41) is 2.52. The molecule has 0 radical (unpaired) electrons. The van der Waals surface area contributed by atoms with Crippen LogP contribution >= 0.6 is 0 Å². The average Bonchev–Trinajstić information content (AvgIpc) is 2.83. The Bertz CT molecular complexity index is 1220. The summed E-state index contributed by atoms with van der Waals surface area (Å²) in [6, 6.07) is 11.9. The van der Waals surface area contributed by atoms with Gasteiger partial charge < -0.3 is 21.7 Å². The van der Waals surface area contributed by atoms with E-state index in [1.54, 1.807) is 12.1 Å². The van der Waals surface area contributed by atoms with Gasteiger partial charge in [0, 0.05) is 55.0 Å². The molecule has 2 aromatic carbocycles. The number of amides is 4. The molecule has 1 heterocycles. The maximum atomic E-state index is 12.7. The van der Waals surface area contributed by atoms with E-state index in [0.29, 0.717) is 5.56 Å². The van der Waals surface area contributed by atoms with Gasteiger partial charge in [-0.25, -0.2) is 8.42 Å². The molecule has 0 aliphatic carbocycles. The number of nitrogens with zero attached hydrogens (tertiary/aromatic N) is 2. The number of sulfonamides is 1. The minimum atomic E-state index is -3.67. The zero-order valence-electron chi connectivity index (χ0n) is 18.3. The molecule has 1 aliphatic heterocycles. The molecule has 0 saturated carbocycles. The van der Waals surface area contributed by atoms with Crippen molar-refractivity contribution < 1.29 is 27.6 Å². The van der Waals surface area contributed by atoms with E-state index in [9.17, 15) is 27.6 Å². The summed E-state index contributed by atoms with van der Waals surface area (Å²) in [4.78, 5) is 49.1. The molecule has 12 heteroatoms. The molecule has 1 saturated heterocycles. The van der Waals surface area contributed by atoms with Gasteiger partial charge in [0.05, 0.1) is 5.75 Å². The highest BCUT2D eigenvalue weighted by atomic mass is 32.2. The SMILES string of the molecule is NC(=O)c1cccc(C(=O)NCCS(=O)(=O)N2CCN(C(=O)c3cccc(C(N)=O)c3)CC2)c1. The van der Waals surface area contributed by atoms with Gasteiger partial charge in [0.1, 0.15) is 0 Å². The number of rotatable bonds is 8. The maximum absolute atomic E-state index is 12.7. The van der Waals surface area contributed by atoms with Crippen molar-refractivity contribution in [3.63, 3.8) is 0 Å². The number of benzene rings is 2. The molecule has 0 unspecified atom stereocenters. The number of nitrogens with one attached hydrogen (secondary N) is 1. The smallest absolute Gasteiger partial charge is 0.253 e. The zero-order chi connectivity index (χ0) is 24.9. The highest BCUT2D eigenvalue weighted by Crippen LogP contribution is 2.13. The monoisotopic (exact) mass is 487 g/mol. The Morgan fingerprint density at radius 1 is 0.794 bits per heavy atom. The molecule has 2 aromatic rings. The summed E-state index contributed by atoms with van der Waals surface area (Å²) < 4.78 is 26.6. The standard InChI is InChI=1S/C22H25N5O6S/c23-19(28)15-3-1-5-17(13-15)21(30)25-7-12-34(32,33)27-10-8-26(9-11-27)22(31)18-6-2-4-16(14-18)20(24)29/h1-6,13-14H,7-12H2,(H2,23,28)(H2,24,29)(H,25,30). The third-order valence-electron chi connectivity index (χ3n) is 5.37. The summed E-state index contributed by atoms with van der Waals surface area (Å²) >= 11 is 0. The van der Waals surface area contributed by atoms with E-state index in [-0.39, 0.29) is 61.1 Å². The Hall–Kier alpha value is -3.77. The van der Waals surface area contributed by atoms with Crippen LogP contribution in [-0.2, 0) is 10.0 Å². The van der Waals surface area contributed by atoms with Crippen LogP contribution in [0.3, 0.4) is 0 Å². The van der Waals surface area contributed by atoms with E-state index in [1.165, 1.54) is 45.6 Å². The first-order valence-corrected chi connectivity index (χ1v) is 12.0. The highest BCUT2D eigenvalue weighted by Gasteiger charge is 2.29. The molecule has 1 fully saturated rings. The summed E-state index contributed by atoms with van der Waals surface area (Å²) in [6.45, 7) is 0.466. The molecule has 180 valence electrons. The molecule has 0 spiro atoms. The van der Waals surface area contributed by atoms with Crippen molar-refractivity contribution in [1.82, 2.24) is 14.5 Å². The van der Waals surface area contributed by atoms with Gasteiger partial charge in [-0.05, 0) is 36.4 Å². The van der Waals surface area contributed by atoms with Gasteiger partial charge in [-0.15, -0.1) is 0 Å². The fourth-order valence-corrected chi connectivity index (χ4v) is 4.83. The first-order chi connectivity index (χ1) is 16.1. The van der Waals surface area contributed by atoms with Gasteiger partial charge in [-0.2, -0.15) is 4.31 Å². The van der Waals surface area contributed by atoms with Gasteiger partial charge >= 0.3 is 0 Å². The predicted octanol–water partition coefficient (Wildman–Crippen LogP) is -0.598. The first-order valence-electron chi connectivity index (χ1n) is 10.4. The van der Waals surface area contributed by atoms with Crippen molar-refractivity contribution in [2.24, 2.45) is 11.5 Å². The number of hydrogen-bond acceptors (Lipinski definition) is 6. The van der Waals surface area contributed by atoms with Crippen molar-refractivity contribution in [2.45, 2.75) is 0 Å². The summed E-state index contributed by atoms with van der Waals surface area (Å²) in [5.74, 6) is -2.46. The Morgan fingerprint density at radius 2 is 1.29 bits per heavy atom. The lowest BCUT2D eigenvalue weighted by Gasteiger charge is -2.34. The second kappa shape index (κ2) is 10.4. The van der Waals surface area contributed by atoms with E-state index < -0.39 is 27.7 Å². The summed E-state index contributed by atoms with van der Waals surface area (Å²) in [5.41, 5.74) is 11.3. The number of nitrogens with two attached hydrogens (primary N) is 2. The van der Waals surface area contributed by atoms with Crippen LogP contribution in [0.25, 0.3) is 0 Å². The lowest BCUT2D eigenvalue weighted by molar-refractivity contribution is 0.0697. The van der Waals surface area contributed by atoms with E-state index >= 15 is 0 Å². The third kappa shape index (κ3) is 5.97. The molecule has 4 amide bonds. The fourth-order valence-electron chi connectivity index (χ4n) is 3.50. The quantitative estimate of drug-likeness (QED) is 0.448. The molecule has 11 nitrogen and oxygen atoms in total. The second-order valence-electron chi connectivity index (χ2n) is 7.65. The van der Waals surface area contributed by atoms with Gasteiger partial charge in [0.15, 0.2) is 0 Å². The Balaban J connectivity index is 1.52. The summed E-state index contributed by atoms with van der Waals surface area (Å²) in [6.07, 6.45) is 0. The lowest BCUT2D eigenvalue weighted by atomic mass is 10.1. The van der Waals surface area contributed by atoms with E-state index in [0.717, 1.165) is 0 Å². The van der Waals surface area contributed by atoms with Crippen LogP contribution < -0.4 is 16.8 Å². The molecule has 34 heavy (non-hydrogen) atoms. The van der Waals surface area contributed by atoms with Crippen molar-refractivity contribution in [3.05, 3.63) is 70.8 Å². The van der Waals surface area contributed by atoms with Crippen LogP contribution in [0.15, 0.2) is 48.5 Å². The van der Waals surface area contributed by atoms with Gasteiger partial charge in [0.25, 0.3) is 11.8 Å². The van der Waals surface area contributed by atoms with Crippen molar-refractivity contribution in [1.29, 1.82) is 0 Å². The largest absolute Gasteiger partial charge is 0.366 e. The molecule has 1 aliphatic rings. The fraction of sp³-hybridized carbons (Fsp3) is 0.273. The maximum Gasteiger partial charge on any atom is 0.253 e. The van der Waals surface area contributed by atoms with Crippen LogP contribution in [-0.4, -0.2) is 79.7 Å².